The molecule has 0 aliphatic carbocycles. The summed E-state index contributed by atoms with van der Waals surface area (Å²) < 4.78 is 32.1. The van der Waals surface area contributed by atoms with Crippen molar-refractivity contribution in [1.82, 2.24) is 10.2 Å². The van der Waals surface area contributed by atoms with E-state index in [1.807, 2.05) is 0 Å². The van der Waals surface area contributed by atoms with Gasteiger partial charge in [0, 0.05) is 26.2 Å². The number of nitrogens with one attached hydrogen (secondary N) is 1. The van der Waals surface area contributed by atoms with E-state index >= 15 is 0 Å². The summed E-state index contributed by atoms with van der Waals surface area (Å²) in [6.45, 7) is 2.38. The second kappa shape index (κ2) is 6.29. The lowest BCUT2D eigenvalue weighted by molar-refractivity contribution is 0.0888. The van der Waals surface area contributed by atoms with Crippen molar-refractivity contribution < 1.29 is 18.3 Å². The molecule has 1 saturated heterocycles. The quantitative estimate of drug-likeness (QED) is 0.844. The Kier molecular flexibility index (Phi) is 4.71. The SMILES string of the molecule is O=C(OC(Br)c1c(F)cccc1F)N1CCNCC1. The fourth-order valence-electron chi connectivity index (χ4n) is 1.80. The molecule has 1 unspecified atom stereocenters. The van der Waals surface area contributed by atoms with Crippen LogP contribution in [0.5, 0.6) is 0 Å². The molecule has 1 aromatic rings. The third-order valence-electron chi connectivity index (χ3n) is 2.81. The van der Waals surface area contributed by atoms with Crippen LogP contribution < -0.4 is 5.32 Å². The minimum absolute atomic E-state index is 0.300. The standard InChI is InChI=1S/C12H13BrF2N2O2/c13-11(10-8(14)2-1-3-9(10)15)19-12(18)17-6-4-16-5-7-17/h1-3,11,16H,4-7H2. The van der Waals surface area contributed by atoms with Gasteiger partial charge in [0.15, 0.2) is 5.01 Å². The van der Waals surface area contributed by atoms with Gasteiger partial charge in [-0.1, -0.05) is 6.07 Å². The average molecular weight is 335 g/mol. The fourth-order valence-corrected chi connectivity index (χ4v) is 2.39. The number of amides is 1. The van der Waals surface area contributed by atoms with E-state index in [0.717, 1.165) is 12.1 Å². The van der Waals surface area contributed by atoms with Gasteiger partial charge < -0.3 is 15.0 Å². The van der Waals surface area contributed by atoms with E-state index in [1.54, 1.807) is 0 Å². The van der Waals surface area contributed by atoms with Crippen molar-refractivity contribution in [3.05, 3.63) is 35.4 Å². The molecule has 104 valence electrons. The largest absolute Gasteiger partial charge is 0.429 e. The zero-order chi connectivity index (χ0) is 13.8. The van der Waals surface area contributed by atoms with Gasteiger partial charge in [0.1, 0.15) is 11.6 Å². The smallest absolute Gasteiger partial charge is 0.411 e. The van der Waals surface area contributed by atoms with Crippen LogP contribution in [-0.2, 0) is 4.74 Å². The van der Waals surface area contributed by atoms with E-state index in [4.69, 9.17) is 4.74 Å². The molecular formula is C12H13BrF2N2O2. The van der Waals surface area contributed by atoms with E-state index < -0.39 is 22.7 Å². The molecule has 1 aliphatic heterocycles. The third-order valence-corrected chi connectivity index (χ3v) is 3.45. The topological polar surface area (TPSA) is 41.6 Å². The van der Waals surface area contributed by atoms with Gasteiger partial charge in [-0.05, 0) is 28.1 Å². The zero-order valence-electron chi connectivity index (χ0n) is 10.0. The molecular weight excluding hydrogens is 322 g/mol. The van der Waals surface area contributed by atoms with Crippen LogP contribution in [0.15, 0.2) is 18.2 Å². The molecule has 1 fully saturated rings. The molecule has 1 atom stereocenters. The summed E-state index contributed by atoms with van der Waals surface area (Å²) in [6, 6.07) is 3.49. The summed E-state index contributed by atoms with van der Waals surface area (Å²) in [7, 11) is 0. The van der Waals surface area contributed by atoms with E-state index in [2.05, 4.69) is 21.2 Å². The Morgan fingerprint density at radius 3 is 2.47 bits per heavy atom. The van der Waals surface area contributed by atoms with Gasteiger partial charge >= 0.3 is 6.09 Å². The number of nitrogens with zero attached hydrogens (tertiary/aromatic N) is 1. The highest BCUT2D eigenvalue weighted by atomic mass is 79.9. The Morgan fingerprint density at radius 2 is 1.89 bits per heavy atom. The van der Waals surface area contributed by atoms with Crippen molar-refractivity contribution in [2.75, 3.05) is 26.2 Å². The molecule has 2 rings (SSSR count). The molecule has 19 heavy (non-hydrogen) atoms. The van der Waals surface area contributed by atoms with Crippen molar-refractivity contribution >= 4 is 22.0 Å². The number of hydrogen-bond donors (Lipinski definition) is 1. The van der Waals surface area contributed by atoms with Gasteiger partial charge in [-0.25, -0.2) is 13.6 Å². The second-order valence-corrected chi connectivity index (χ2v) is 4.90. The predicted octanol–water partition coefficient (Wildman–Crippen LogP) is 2.40. The highest BCUT2D eigenvalue weighted by Crippen LogP contribution is 2.29. The first-order valence-electron chi connectivity index (χ1n) is 5.84. The number of carbonyl (C=O) groups excluding carboxylic acids is 1. The Hall–Kier alpha value is -1.21. The van der Waals surface area contributed by atoms with E-state index in [0.29, 0.717) is 26.2 Å². The number of piperazine rings is 1. The molecule has 1 aliphatic rings. The molecule has 4 nitrogen and oxygen atoms in total. The molecule has 1 heterocycles. The van der Waals surface area contributed by atoms with Gasteiger partial charge in [0.25, 0.3) is 0 Å². The van der Waals surface area contributed by atoms with Crippen LogP contribution in [-0.4, -0.2) is 37.2 Å². The number of carbonyl (C=O) groups is 1. The van der Waals surface area contributed by atoms with E-state index in [-0.39, 0.29) is 5.56 Å². The normalized spacial score (nSPS) is 17.1. The summed E-state index contributed by atoms with van der Waals surface area (Å²) in [5.74, 6) is -1.51. The van der Waals surface area contributed by atoms with Crippen molar-refractivity contribution in [3.63, 3.8) is 0 Å². The van der Waals surface area contributed by atoms with Gasteiger partial charge in [-0.2, -0.15) is 0 Å². The van der Waals surface area contributed by atoms with Crippen LogP contribution in [0.25, 0.3) is 0 Å². The monoisotopic (exact) mass is 334 g/mol. The molecule has 0 aromatic heterocycles. The lowest BCUT2D eigenvalue weighted by Crippen LogP contribution is -2.46. The molecule has 0 radical (unpaired) electrons. The Morgan fingerprint density at radius 1 is 1.32 bits per heavy atom. The van der Waals surface area contributed by atoms with Crippen molar-refractivity contribution in [2.45, 2.75) is 5.01 Å². The van der Waals surface area contributed by atoms with Crippen LogP contribution in [0, 0.1) is 11.6 Å². The summed E-state index contributed by atoms with van der Waals surface area (Å²) >= 11 is 2.99. The lowest BCUT2D eigenvalue weighted by Gasteiger charge is -2.27. The third kappa shape index (κ3) is 3.42. The van der Waals surface area contributed by atoms with Crippen LogP contribution in [0.1, 0.15) is 10.6 Å². The summed E-state index contributed by atoms with van der Waals surface area (Å²) in [6.07, 6.45) is -0.592. The summed E-state index contributed by atoms with van der Waals surface area (Å²) in [5, 5.41) is 1.95. The van der Waals surface area contributed by atoms with Gasteiger partial charge in [0.2, 0.25) is 0 Å². The first kappa shape index (κ1) is 14.2. The number of rotatable bonds is 2. The average Bonchev–Trinajstić information content (AvgIpc) is 2.39. The Balaban J connectivity index is 2.04. The maximum absolute atomic E-state index is 13.5. The van der Waals surface area contributed by atoms with E-state index in [9.17, 15) is 13.6 Å². The van der Waals surface area contributed by atoms with Crippen LogP contribution in [0.2, 0.25) is 0 Å². The number of benzene rings is 1. The minimum atomic E-state index is -1.14. The molecule has 0 spiro atoms. The molecule has 0 bridgehead atoms. The highest BCUT2D eigenvalue weighted by Gasteiger charge is 2.25. The first-order valence-corrected chi connectivity index (χ1v) is 6.75. The molecule has 1 amide bonds. The van der Waals surface area contributed by atoms with Gasteiger partial charge in [0.05, 0.1) is 5.56 Å². The molecule has 7 heteroatoms. The summed E-state index contributed by atoms with van der Waals surface area (Å²) in [4.78, 5) is 13.3. The van der Waals surface area contributed by atoms with Gasteiger partial charge in [-0.3, -0.25) is 0 Å². The van der Waals surface area contributed by atoms with Gasteiger partial charge in [-0.15, -0.1) is 0 Å². The summed E-state index contributed by atoms with van der Waals surface area (Å²) in [5.41, 5.74) is -0.300. The van der Waals surface area contributed by atoms with Crippen molar-refractivity contribution in [1.29, 1.82) is 0 Å². The molecule has 1 aromatic carbocycles. The predicted molar refractivity (Wildman–Crippen MR) is 68.9 cm³/mol. The first-order chi connectivity index (χ1) is 9.09. The van der Waals surface area contributed by atoms with E-state index in [1.165, 1.54) is 11.0 Å². The van der Waals surface area contributed by atoms with Crippen LogP contribution >= 0.6 is 15.9 Å². The molecule has 1 N–H and O–H groups in total. The second-order valence-electron chi connectivity index (χ2n) is 4.07. The zero-order valence-corrected chi connectivity index (χ0v) is 11.6. The highest BCUT2D eigenvalue weighted by molar-refractivity contribution is 9.09. The number of halogens is 3. The van der Waals surface area contributed by atoms with Crippen LogP contribution in [0.3, 0.4) is 0 Å². The number of alkyl halides is 1. The minimum Gasteiger partial charge on any atom is -0.429 e. The number of ether oxygens (including phenoxy) is 1. The maximum atomic E-state index is 13.5. The van der Waals surface area contributed by atoms with Crippen molar-refractivity contribution in [3.8, 4) is 0 Å². The van der Waals surface area contributed by atoms with Crippen molar-refractivity contribution in [2.24, 2.45) is 0 Å². The number of hydrogen-bond acceptors (Lipinski definition) is 3. The molecule has 0 saturated carbocycles. The fraction of sp³-hybridized carbons (Fsp3) is 0.417. The Bertz CT molecular complexity index is 447. The Labute approximate surface area is 117 Å². The maximum Gasteiger partial charge on any atom is 0.411 e. The lowest BCUT2D eigenvalue weighted by atomic mass is 10.2. The van der Waals surface area contributed by atoms with Crippen LogP contribution in [0.4, 0.5) is 13.6 Å².